The molecule has 0 radical (unpaired) electrons. The van der Waals surface area contributed by atoms with Gasteiger partial charge in [0, 0.05) is 13.0 Å². The number of rotatable bonds is 7. The monoisotopic (exact) mass is 218 g/mol. The second-order valence-electron chi connectivity index (χ2n) is 3.34. The maximum atomic E-state index is 10.6. The van der Waals surface area contributed by atoms with Crippen LogP contribution in [0.15, 0.2) is 0 Å². The third-order valence-corrected chi connectivity index (χ3v) is 1.80. The molecule has 0 aliphatic heterocycles. The van der Waals surface area contributed by atoms with E-state index in [1.165, 1.54) is 6.42 Å². The molecule has 0 atom stereocenters. The zero-order chi connectivity index (χ0) is 11.9. The molecule has 0 aliphatic rings. The van der Waals surface area contributed by atoms with Crippen molar-refractivity contribution < 1.29 is 14.6 Å². The normalized spacial score (nSPS) is 9.07. The first-order valence-corrected chi connectivity index (χ1v) is 5.99. The van der Waals surface area contributed by atoms with Crippen LogP contribution in [0.25, 0.3) is 0 Å². The van der Waals surface area contributed by atoms with Gasteiger partial charge < -0.3 is 9.84 Å². The largest absolute Gasteiger partial charge is 0.466 e. The average Bonchev–Trinajstić information content (AvgIpc) is 2.25. The van der Waals surface area contributed by atoms with Crippen LogP contribution >= 0.6 is 0 Å². The SMILES string of the molecule is CCCCC(=O)OCC.CCCCCO. The van der Waals surface area contributed by atoms with E-state index in [-0.39, 0.29) is 5.97 Å². The molecule has 15 heavy (non-hydrogen) atoms. The lowest BCUT2D eigenvalue weighted by atomic mass is 10.3. The number of esters is 1. The maximum Gasteiger partial charge on any atom is 0.305 e. The van der Waals surface area contributed by atoms with Crippen LogP contribution in [0.4, 0.5) is 0 Å². The Morgan fingerprint density at radius 2 is 1.67 bits per heavy atom. The molecule has 0 amide bonds. The van der Waals surface area contributed by atoms with Crippen molar-refractivity contribution in [3.05, 3.63) is 0 Å². The lowest BCUT2D eigenvalue weighted by Gasteiger charge is -1.97. The Bertz CT molecular complexity index is 120. The van der Waals surface area contributed by atoms with Gasteiger partial charge in [-0.15, -0.1) is 0 Å². The number of ether oxygens (including phenoxy) is 1. The molecule has 0 rings (SSSR count). The number of aliphatic hydroxyl groups is 1. The molecule has 92 valence electrons. The Morgan fingerprint density at radius 1 is 1.07 bits per heavy atom. The van der Waals surface area contributed by atoms with E-state index in [9.17, 15) is 4.79 Å². The summed E-state index contributed by atoms with van der Waals surface area (Å²) in [5, 5.41) is 8.20. The molecule has 0 saturated heterocycles. The van der Waals surface area contributed by atoms with Crippen molar-refractivity contribution in [3.63, 3.8) is 0 Å². The first-order valence-electron chi connectivity index (χ1n) is 5.99. The molecular formula is C12H26O3. The van der Waals surface area contributed by atoms with E-state index in [0.717, 1.165) is 25.7 Å². The van der Waals surface area contributed by atoms with Gasteiger partial charge in [-0.25, -0.2) is 0 Å². The fourth-order valence-corrected chi connectivity index (χ4v) is 0.916. The van der Waals surface area contributed by atoms with Crippen molar-refractivity contribution in [3.8, 4) is 0 Å². The summed E-state index contributed by atoms with van der Waals surface area (Å²) in [6.07, 6.45) is 5.90. The van der Waals surface area contributed by atoms with Crippen LogP contribution in [0, 0.1) is 0 Å². The second-order valence-corrected chi connectivity index (χ2v) is 3.34. The van der Waals surface area contributed by atoms with E-state index in [4.69, 9.17) is 9.84 Å². The minimum atomic E-state index is -0.0700. The molecule has 0 aliphatic carbocycles. The molecule has 0 saturated carbocycles. The fraction of sp³-hybridized carbons (Fsp3) is 0.917. The zero-order valence-corrected chi connectivity index (χ0v) is 10.4. The van der Waals surface area contributed by atoms with Crippen LogP contribution in [-0.2, 0) is 9.53 Å². The Labute approximate surface area is 93.8 Å². The van der Waals surface area contributed by atoms with Gasteiger partial charge in [-0.2, -0.15) is 0 Å². The smallest absolute Gasteiger partial charge is 0.305 e. The predicted octanol–water partition coefficient (Wildman–Crippen LogP) is 2.91. The van der Waals surface area contributed by atoms with E-state index in [2.05, 4.69) is 13.8 Å². The van der Waals surface area contributed by atoms with E-state index < -0.39 is 0 Å². The Kier molecular flexibility index (Phi) is 17.8. The van der Waals surface area contributed by atoms with Gasteiger partial charge in [-0.3, -0.25) is 4.79 Å². The van der Waals surface area contributed by atoms with Gasteiger partial charge in [0.2, 0.25) is 0 Å². The molecule has 0 fully saturated rings. The van der Waals surface area contributed by atoms with Gasteiger partial charge in [0.05, 0.1) is 6.61 Å². The highest BCUT2D eigenvalue weighted by Gasteiger charge is 1.97. The molecule has 0 aromatic rings. The lowest BCUT2D eigenvalue weighted by Crippen LogP contribution is -2.02. The molecule has 0 aromatic heterocycles. The Morgan fingerprint density at radius 3 is 2.00 bits per heavy atom. The summed E-state index contributed by atoms with van der Waals surface area (Å²) < 4.78 is 4.70. The quantitative estimate of drug-likeness (QED) is 0.528. The molecular weight excluding hydrogens is 192 g/mol. The Balaban J connectivity index is 0. The van der Waals surface area contributed by atoms with E-state index >= 15 is 0 Å². The summed E-state index contributed by atoms with van der Waals surface area (Å²) in [5.74, 6) is -0.0700. The van der Waals surface area contributed by atoms with E-state index in [0.29, 0.717) is 19.6 Å². The number of hydrogen-bond donors (Lipinski definition) is 1. The standard InChI is InChI=1S/C7H14O2.C5H12O/c1-3-5-6-7(8)9-4-2;1-2-3-4-5-6/h3-6H2,1-2H3;6H,2-5H2,1H3. The van der Waals surface area contributed by atoms with Crippen molar-refractivity contribution in [2.24, 2.45) is 0 Å². The molecule has 0 bridgehead atoms. The van der Waals surface area contributed by atoms with Gasteiger partial charge in [0.25, 0.3) is 0 Å². The topological polar surface area (TPSA) is 46.5 Å². The molecule has 3 nitrogen and oxygen atoms in total. The highest BCUT2D eigenvalue weighted by Crippen LogP contribution is 1.95. The summed E-state index contributed by atoms with van der Waals surface area (Å²) in [4.78, 5) is 10.6. The average molecular weight is 218 g/mol. The van der Waals surface area contributed by atoms with Crippen LogP contribution in [0.5, 0.6) is 0 Å². The van der Waals surface area contributed by atoms with Gasteiger partial charge in [-0.05, 0) is 19.8 Å². The molecule has 0 unspecified atom stereocenters. The number of carbonyl (C=O) groups excluding carboxylic acids is 1. The van der Waals surface area contributed by atoms with Gasteiger partial charge in [0.1, 0.15) is 0 Å². The van der Waals surface area contributed by atoms with Gasteiger partial charge in [-0.1, -0.05) is 33.1 Å². The summed E-state index contributed by atoms with van der Waals surface area (Å²) in [5.41, 5.74) is 0. The van der Waals surface area contributed by atoms with Crippen LogP contribution in [0.2, 0.25) is 0 Å². The molecule has 0 heterocycles. The van der Waals surface area contributed by atoms with Crippen molar-refractivity contribution in [1.82, 2.24) is 0 Å². The minimum absolute atomic E-state index is 0.0700. The molecule has 0 aromatic carbocycles. The summed E-state index contributed by atoms with van der Waals surface area (Å²) in [6, 6.07) is 0. The molecule has 1 N–H and O–H groups in total. The van der Waals surface area contributed by atoms with Crippen LogP contribution < -0.4 is 0 Å². The first-order chi connectivity index (χ1) is 7.22. The summed E-state index contributed by atoms with van der Waals surface area (Å²) in [7, 11) is 0. The van der Waals surface area contributed by atoms with Gasteiger partial charge >= 0.3 is 5.97 Å². The Hall–Kier alpha value is -0.570. The molecule has 0 spiro atoms. The number of hydrogen-bond acceptors (Lipinski definition) is 3. The lowest BCUT2D eigenvalue weighted by molar-refractivity contribution is -0.143. The highest BCUT2D eigenvalue weighted by molar-refractivity contribution is 5.69. The van der Waals surface area contributed by atoms with Crippen LogP contribution in [0.1, 0.15) is 59.3 Å². The van der Waals surface area contributed by atoms with Crippen LogP contribution in [0.3, 0.4) is 0 Å². The van der Waals surface area contributed by atoms with Crippen LogP contribution in [-0.4, -0.2) is 24.3 Å². The second kappa shape index (κ2) is 15.9. The number of aliphatic hydroxyl groups excluding tert-OH is 1. The molecule has 3 heteroatoms. The number of unbranched alkanes of at least 4 members (excludes halogenated alkanes) is 3. The van der Waals surface area contributed by atoms with Crippen molar-refractivity contribution in [2.45, 2.75) is 59.3 Å². The third-order valence-electron chi connectivity index (χ3n) is 1.80. The fourth-order valence-electron chi connectivity index (χ4n) is 0.916. The number of carbonyl (C=O) groups is 1. The predicted molar refractivity (Wildman–Crippen MR) is 62.8 cm³/mol. The van der Waals surface area contributed by atoms with E-state index in [1.807, 2.05) is 6.92 Å². The maximum absolute atomic E-state index is 10.6. The van der Waals surface area contributed by atoms with Gasteiger partial charge in [0.15, 0.2) is 0 Å². The van der Waals surface area contributed by atoms with E-state index in [1.54, 1.807) is 0 Å². The highest BCUT2D eigenvalue weighted by atomic mass is 16.5. The first kappa shape index (κ1) is 16.8. The zero-order valence-electron chi connectivity index (χ0n) is 10.4. The van der Waals surface area contributed by atoms with Crippen molar-refractivity contribution in [1.29, 1.82) is 0 Å². The van der Waals surface area contributed by atoms with Crippen molar-refractivity contribution >= 4 is 5.97 Å². The minimum Gasteiger partial charge on any atom is -0.466 e. The summed E-state index contributed by atoms with van der Waals surface area (Å²) >= 11 is 0. The summed E-state index contributed by atoms with van der Waals surface area (Å²) in [6.45, 7) is 6.86. The third kappa shape index (κ3) is 19.7. The van der Waals surface area contributed by atoms with Crippen molar-refractivity contribution in [2.75, 3.05) is 13.2 Å².